The van der Waals surface area contributed by atoms with Gasteiger partial charge < -0.3 is 5.11 Å². The molecule has 0 aliphatic heterocycles. The fourth-order valence-electron chi connectivity index (χ4n) is 0.874. The summed E-state index contributed by atoms with van der Waals surface area (Å²) < 4.78 is 0. The van der Waals surface area contributed by atoms with E-state index >= 15 is 0 Å². The van der Waals surface area contributed by atoms with Gasteiger partial charge in [0.1, 0.15) is 6.33 Å². The number of carbonyl (C=O) groups is 1. The number of aromatic amines is 1. The molecule has 7 nitrogen and oxygen atoms in total. The average molecular weight is 191 g/mol. The molecular weight excluding hydrogens is 186 g/mol. The molecule has 0 aromatic carbocycles. The van der Waals surface area contributed by atoms with Gasteiger partial charge in [-0.25, -0.2) is 19.7 Å². The monoisotopic (exact) mass is 191 g/mol. The predicted molar refractivity (Wildman–Crippen MR) is 44.4 cm³/mol. The van der Waals surface area contributed by atoms with Crippen LogP contribution in [0.2, 0.25) is 0 Å². The summed E-state index contributed by atoms with van der Waals surface area (Å²) in [6, 6.07) is 0. The number of aromatic nitrogens is 5. The van der Waals surface area contributed by atoms with Crippen molar-refractivity contribution in [2.24, 2.45) is 0 Å². The SMILES string of the molecule is O=C(O)c1cnc(-c2ncn[nH]2)nc1. The summed E-state index contributed by atoms with van der Waals surface area (Å²) in [6.45, 7) is 0. The van der Waals surface area contributed by atoms with Gasteiger partial charge in [0.15, 0.2) is 11.6 Å². The van der Waals surface area contributed by atoms with Crippen LogP contribution in [0.25, 0.3) is 11.6 Å². The van der Waals surface area contributed by atoms with Crippen LogP contribution in [-0.4, -0.2) is 36.2 Å². The van der Waals surface area contributed by atoms with E-state index in [1.54, 1.807) is 0 Å². The lowest BCUT2D eigenvalue weighted by atomic mass is 10.3. The number of hydrogen-bond donors (Lipinski definition) is 2. The minimum absolute atomic E-state index is 0.0354. The smallest absolute Gasteiger partial charge is 0.338 e. The predicted octanol–water partition coefficient (Wildman–Crippen LogP) is -0.0401. The van der Waals surface area contributed by atoms with Gasteiger partial charge in [0.25, 0.3) is 0 Å². The van der Waals surface area contributed by atoms with Gasteiger partial charge in [0, 0.05) is 12.4 Å². The maximum absolute atomic E-state index is 10.5. The van der Waals surface area contributed by atoms with Crippen molar-refractivity contribution in [1.82, 2.24) is 25.1 Å². The Labute approximate surface area is 77.9 Å². The molecule has 2 heterocycles. The normalized spacial score (nSPS) is 10.0. The van der Waals surface area contributed by atoms with Gasteiger partial charge in [-0.3, -0.25) is 5.10 Å². The van der Waals surface area contributed by atoms with E-state index in [9.17, 15) is 4.79 Å². The topological polar surface area (TPSA) is 105 Å². The first-order chi connectivity index (χ1) is 6.77. The Morgan fingerprint density at radius 1 is 1.29 bits per heavy atom. The quantitative estimate of drug-likeness (QED) is 0.690. The van der Waals surface area contributed by atoms with E-state index in [1.165, 1.54) is 18.7 Å². The Morgan fingerprint density at radius 3 is 2.50 bits per heavy atom. The lowest BCUT2D eigenvalue weighted by molar-refractivity contribution is 0.0696. The first-order valence-electron chi connectivity index (χ1n) is 3.68. The summed E-state index contributed by atoms with van der Waals surface area (Å²) in [5, 5.41) is 14.8. The lowest BCUT2D eigenvalue weighted by Gasteiger charge is -1.94. The van der Waals surface area contributed by atoms with Crippen LogP contribution in [-0.2, 0) is 0 Å². The van der Waals surface area contributed by atoms with Gasteiger partial charge >= 0.3 is 5.97 Å². The first-order valence-corrected chi connectivity index (χ1v) is 3.68. The number of nitrogens with one attached hydrogen (secondary N) is 1. The van der Waals surface area contributed by atoms with Gasteiger partial charge in [0.2, 0.25) is 0 Å². The second-order valence-corrected chi connectivity index (χ2v) is 2.43. The van der Waals surface area contributed by atoms with E-state index in [1.807, 2.05) is 0 Å². The summed E-state index contributed by atoms with van der Waals surface area (Å²) in [6.07, 6.45) is 3.75. The standard InChI is InChI=1S/C7H5N5O2/c13-7(14)4-1-8-5(9-2-4)6-10-3-11-12-6/h1-3H,(H,13,14)(H,10,11,12). The van der Waals surface area contributed by atoms with Crippen LogP contribution < -0.4 is 0 Å². The van der Waals surface area contributed by atoms with E-state index in [0.29, 0.717) is 11.6 Å². The average Bonchev–Trinajstić information content (AvgIpc) is 2.71. The molecule has 2 aromatic heterocycles. The van der Waals surface area contributed by atoms with Crippen LogP contribution in [0.4, 0.5) is 0 Å². The molecule has 0 spiro atoms. The zero-order valence-electron chi connectivity index (χ0n) is 6.88. The molecule has 0 saturated heterocycles. The Hall–Kier alpha value is -2.31. The fourth-order valence-corrected chi connectivity index (χ4v) is 0.874. The van der Waals surface area contributed by atoms with Gasteiger partial charge in [-0.15, -0.1) is 0 Å². The zero-order chi connectivity index (χ0) is 9.97. The maximum Gasteiger partial charge on any atom is 0.338 e. The van der Waals surface area contributed by atoms with Crippen molar-refractivity contribution < 1.29 is 9.90 Å². The Morgan fingerprint density at radius 2 is 2.00 bits per heavy atom. The second kappa shape index (κ2) is 3.21. The molecule has 0 aliphatic carbocycles. The van der Waals surface area contributed by atoms with Gasteiger partial charge in [0.05, 0.1) is 5.56 Å². The van der Waals surface area contributed by atoms with Crippen molar-refractivity contribution >= 4 is 5.97 Å². The van der Waals surface area contributed by atoms with Gasteiger partial charge in [-0.05, 0) is 0 Å². The van der Waals surface area contributed by atoms with Crippen molar-refractivity contribution in [3.63, 3.8) is 0 Å². The van der Waals surface area contributed by atoms with E-state index in [4.69, 9.17) is 5.11 Å². The molecule has 0 radical (unpaired) electrons. The van der Waals surface area contributed by atoms with Crippen molar-refractivity contribution in [1.29, 1.82) is 0 Å². The molecule has 70 valence electrons. The molecule has 7 heteroatoms. The van der Waals surface area contributed by atoms with E-state index in [-0.39, 0.29) is 5.56 Å². The van der Waals surface area contributed by atoms with Crippen LogP contribution in [0.3, 0.4) is 0 Å². The molecule has 0 amide bonds. The Kier molecular flexibility index (Phi) is 1.90. The number of H-pyrrole nitrogens is 1. The number of aromatic carboxylic acids is 1. The van der Waals surface area contributed by atoms with E-state index < -0.39 is 5.97 Å². The summed E-state index contributed by atoms with van der Waals surface area (Å²) in [5.41, 5.74) is 0.0354. The highest BCUT2D eigenvalue weighted by atomic mass is 16.4. The Balaban J connectivity index is 2.36. The van der Waals surface area contributed by atoms with Crippen LogP contribution >= 0.6 is 0 Å². The van der Waals surface area contributed by atoms with Crippen molar-refractivity contribution in [2.45, 2.75) is 0 Å². The summed E-state index contributed by atoms with van der Waals surface area (Å²) in [5.74, 6) is -0.344. The van der Waals surface area contributed by atoms with E-state index in [0.717, 1.165) is 0 Å². The van der Waals surface area contributed by atoms with Crippen molar-refractivity contribution in [3.05, 3.63) is 24.3 Å². The molecule has 2 rings (SSSR count). The highest BCUT2D eigenvalue weighted by Crippen LogP contribution is 2.06. The summed E-state index contributed by atoms with van der Waals surface area (Å²) >= 11 is 0. The Bertz CT molecular complexity index is 436. The minimum atomic E-state index is -1.06. The summed E-state index contributed by atoms with van der Waals surface area (Å²) in [7, 11) is 0. The number of carboxylic acid groups (broad SMARTS) is 1. The molecule has 2 N–H and O–H groups in total. The van der Waals surface area contributed by atoms with Crippen LogP contribution in [0, 0.1) is 0 Å². The molecule has 0 saturated carbocycles. The second-order valence-electron chi connectivity index (χ2n) is 2.43. The summed E-state index contributed by atoms with van der Waals surface area (Å²) in [4.78, 5) is 21.9. The number of rotatable bonds is 2. The molecule has 2 aromatic rings. The van der Waals surface area contributed by atoms with Crippen LogP contribution in [0.1, 0.15) is 10.4 Å². The largest absolute Gasteiger partial charge is 0.478 e. The van der Waals surface area contributed by atoms with Crippen molar-refractivity contribution in [2.75, 3.05) is 0 Å². The third-order valence-corrected chi connectivity index (χ3v) is 1.53. The number of nitrogens with zero attached hydrogens (tertiary/aromatic N) is 4. The molecule has 0 atom stereocenters. The van der Waals surface area contributed by atoms with Gasteiger partial charge in [-0.1, -0.05) is 0 Å². The van der Waals surface area contributed by atoms with E-state index in [2.05, 4.69) is 25.1 Å². The molecule has 0 bridgehead atoms. The van der Waals surface area contributed by atoms with Crippen molar-refractivity contribution in [3.8, 4) is 11.6 Å². The number of carboxylic acids is 1. The van der Waals surface area contributed by atoms with Crippen LogP contribution in [0.5, 0.6) is 0 Å². The van der Waals surface area contributed by atoms with Gasteiger partial charge in [-0.2, -0.15) is 5.10 Å². The molecule has 14 heavy (non-hydrogen) atoms. The number of hydrogen-bond acceptors (Lipinski definition) is 5. The highest BCUT2D eigenvalue weighted by Gasteiger charge is 2.06. The highest BCUT2D eigenvalue weighted by molar-refractivity contribution is 5.86. The maximum atomic E-state index is 10.5. The molecular formula is C7H5N5O2. The third-order valence-electron chi connectivity index (χ3n) is 1.53. The lowest BCUT2D eigenvalue weighted by Crippen LogP contribution is -2.00. The molecule has 0 unspecified atom stereocenters. The fraction of sp³-hybridized carbons (Fsp3) is 0. The molecule has 0 aliphatic rings. The minimum Gasteiger partial charge on any atom is -0.478 e. The first kappa shape index (κ1) is 8.30. The third kappa shape index (κ3) is 1.42. The van der Waals surface area contributed by atoms with Crippen LogP contribution in [0.15, 0.2) is 18.7 Å². The zero-order valence-corrected chi connectivity index (χ0v) is 6.88. The molecule has 0 fully saturated rings.